The van der Waals surface area contributed by atoms with E-state index in [2.05, 4.69) is 10.4 Å². The summed E-state index contributed by atoms with van der Waals surface area (Å²) < 4.78 is 1.66. The lowest BCUT2D eigenvalue weighted by Gasteiger charge is -2.14. The molecule has 0 radical (unpaired) electrons. The van der Waals surface area contributed by atoms with E-state index >= 15 is 0 Å². The van der Waals surface area contributed by atoms with Crippen LogP contribution in [0.2, 0.25) is 5.15 Å². The fraction of sp³-hybridized carbons (Fsp3) is 0.727. The van der Waals surface area contributed by atoms with Crippen LogP contribution in [-0.4, -0.2) is 27.5 Å². The summed E-state index contributed by atoms with van der Waals surface area (Å²) >= 11 is 6.09. The van der Waals surface area contributed by atoms with Crippen molar-refractivity contribution in [3.63, 3.8) is 0 Å². The fourth-order valence-electron chi connectivity index (χ4n) is 1.46. The van der Waals surface area contributed by atoms with Crippen LogP contribution in [0.1, 0.15) is 25.1 Å². The third-order valence-corrected chi connectivity index (χ3v) is 3.17. The number of aliphatic hydroxyl groups excluding tert-OH is 1. The molecule has 1 unspecified atom stereocenters. The smallest absolute Gasteiger partial charge is 0.131 e. The second-order valence-electron chi connectivity index (χ2n) is 4.42. The Labute approximate surface area is 102 Å². The first-order valence-corrected chi connectivity index (χ1v) is 5.88. The molecule has 1 rings (SSSR count). The summed E-state index contributed by atoms with van der Waals surface area (Å²) in [6.07, 6.45) is -0.323. The van der Waals surface area contributed by atoms with E-state index in [1.54, 1.807) is 4.68 Å². The third kappa shape index (κ3) is 3.20. The third-order valence-electron chi connectivity index (χ3n) is 2.69. The van der Waals surface area contributed by atoms with Gasteiger partial charge in [-0.3, -0.25) is 4.68 Å². The predicted octanol–water partition coefficient (Wildman–Crippen LogP) is 1.49. The summed E-state index contributed by atoms with van der Waals surface area (Å²) in [6.45, 7) is 7.13. The second kappa shape index (κ2) is 5.66. The molecule has 0 aliphatic rings. The van der Waals surface area contributed by atoms with Gasteiger partial charge in [0.05, 0.1) is 11.8 Å². The van der Waals surface area contributed by atoms with Crippen LogP contribution < -0.4 is 5.32 Å². The van der Waals surface area contributed by atoms with Gasteiger partial charge in [-0.1, -0.05) is 25.4 Å². The van der Waals surface area contributed by atoms with E-state index in [0.29, 0.717) is 18.2 Å². The number of nitrogens with zero attached hydrogens (tertiary/aromatic N) is 2. The zero-order valence-corrected chi connectivity index (χ0v) is 11.0. The van der Waals surface area contributed by atoms with Gasteiger partial charge in [0.25, 0.3) is 0 Å². The SMILES string of the molecule is Cc1nn(C)c(Cl)c1CNCC(O)C(C)C. The first-order valence-electron chi connectivity index (χ1n) is 5.50. The van der Waals surface area contributed by atoms with Gasteiger partial charge in [-0.15, -0.1) is 0 Å². The lowest BCUT2D eigenvalue weighted by Crippen LogP contribution is -2.30. The summed E-state index contributed by atoms with van der Waals surface area (Å²) in [7, 11) is 1.82. The summed E-state index contributed by atoms with van der Waals surface area (Å²) in [5, 5.41) is 17.7. The Bertz CT molecular complexity index is 349. The molecule has 0 aliphatic carbocycles. The van der Waals surface area contributed by atoms with E-state index in [9.17, 15) is 5.11 Å². The quantitative estimate of drug-likeness (QED) is 0.827. The summed E-state index contributed by atoms with van der Waals surface area (Å²) in [5.41, 5.74) is 1.93. The van der Waals surface area contributed by atoms with Crippen molar-refractivity contribution in [1.29, 1.82) is 0 Å². The number of aromatic nitrogens is 2. The lowest BCUT2D eigenvalue weighted by molar-refractivity contribution is 0.123. The van der Waals surface area contributed by atoms with Crippen LogP contribution in [-0.2, 0) is 13.6 Å². The normalized spacial score (nSPS) is 13.4. The molecule has 1 aromatic heterocycles. The van der Waals surface area contributed by atoms with Crippen molar-refractivity contribution in [3.8, 4) is 0 Å². The van der Waals surface area contributed by atoms with Gasteiger partial charge in [0, 0.05) is 25.7 Å². The molecular weight excluding hydrogens is 226 g/mol. The number of nitrogens with one attached hydrogen (secondary N) is 1. The van der Waals surface area contributed by atoms with Crippen LogP contribution in [0, 0.1) is 12.8 Å². The van der Waals surface area contributed by atoms with Crippen LogP contribution in [0.15, 0.2) is 0 Å². The van der Waals surface area contributed by atoms with Crippen molar-refractivity contribution in [3.05, 3.63) is 16.4 Å². The number of rotatable bonds is 5. The number of hydrogen-bond acceptors (Lipinski definition) is 3. The Balaban J connectivity index is 2.49. The first kappa shape index (κ1) is 13.5. The summed E-state index contributed by atoms with van der Waals surface area (Å²) in [4.78, 5) is 0. The molecule has 0 aliphatic heterocycles. The van der Waals surface area contributed by atoms with Crippen LogP contribution in [0.4, 0.5) is 0 Å². The van der Waals surface area contributed by atoms with Gasteiger partial charge in [0.2, 0.25) is 0 Å². The summed E-state index contributed by atoms with van der Waals surface area (Å²) in [6, 6.07) is 0. The van der Waals surface area contributed by atoms with E-state index in [4.69, 9.17) is 11.6 Å². The molecule has 0 saturated heterocycles. The standard InChI is InChI=1S/C11H20ClN3O/c1-7(2)10(16)6-13-5-9-8(3)14-15(4)11(9)12/h7,10,13,16H,5-6H2,1-4H3. The van der Waals surface area contributed by atoms with Crippen LogP contribution in [0.3, 0.4) is 0 Å². The first-order chi connectivity index (χ1) is 7.43. The fourth-order valence-corrected chi connectivity index (χ4v) is 1.70. The van der Waals surface area contributed by atoms with Crippen molar-refractivity contribution in [2.45, 2.75) is 33.4 Å². The lowest BCUT2D eigenvalue weighted by atomic mass is 10.1. The highest BCUT2D eigenvalue weighted by Crippen LogP contribution is 2.18. The maximum atomic E-state index is 9.63. The van der Waals surface area contributed by atoms with Gasteiger partial charge in [-0.05, 0) is 12.8 Å². The number of hydrogen-bond donors (Lipinski definition) is 2. The molecule has 4 nitrogen and oxygen atoms in total. The maximum Gasteiger partial charge on any atom is 0.131 e. The molecule has 16 heavy (non-hydrogen) atoms. The van der Waals surface area contributed by atoms with Gasteiger partial charge in [0.1, 0.15) is 5.15 Å². The predicted molar refractivity (Wildman–Crippen MR) is 65.5 cm³/mol. The van der Waals surface area contributed by atoms with Gasteiger partial charge < -0.3 is 10.4 Å². The molecule has 1 heterocycles. The molecule has 5 heteroatoms. The Kier molecular flexibility index (Phi) is 4.77. The Morgan fingerprint density at radius 2 is 2.12 bits per heavy atom. The Morgan fingerprint density at radius 1 is 1.50 bits per heavy atom. The molecule has 0 bridgehead atoms. The van der Waals surface area contributed by atoms with Gasteiger partial charge in [-0.2, -0.15) is 5.10 Å². The van der Waals surface area contributed by atoms with Crippen molar-refractivity contribution in [1.82, 2.24) is 15.1 Å². The number of aryl methyl sites for hydroxylation is 2. The van der Waals surface area contributed by atoms with E-state index in [1.807, 2.05) is 27.8 Å². The monoisotopic (exact) mass is 245 g/mol. The van der Waals surface area contributed by atoms with Crippen LogP contribution in [0.25, 0.3) is 0 Å². The molecule has 0 saturated carbocycles. The highest BCUT2D eigenvalue weighted by Gasteiger charge is 2.12. The Hall–Kier alpha value is -0.580. The van der Waals surface area contributed by atoms with Crippen molar-refractivity contribution >= 4 is 11.6 Å². The topological polar surface area (TPSA) is 50.1 Å². The number of halogens is 1. The minimum atomic E-state index is -0.323. The van der Waals surface area contributed by atoms with Crippen molar-refractivity contribution in [2.24, 2.45) is 13.0 Å². The summed E-state index contributed by atoms with van der Waals surface area (Å²) in [5.74, 6) is 0.262. The van der Waals surface area contributed by atoms with Crippen LogP contribution >= 0.6 is 11.6 Å². The molecule has 1 aromatic rings. The molecule has 1 atom stereocenters. The van der Waals surface area contributed by atoms with Gasteiger partial charge in [0.15, 0.2) is 0 Å². The van der Waals surface area contributed by atoms with Crippen LogP contribution in [0.5, 0.6) is 0 Å². The zero-order valence-electron chi connectivity index (χ0n) is 10.3. The van der Waals surface area contributed by atoms with Gasteiger partial charge >= 0.3 is 0 Å². The molecular formula is C11H20ClN3O. The molecule has 92 valence electrons. The minimum Gasteiger partial charge on any atom is -0.392 e. The van der Waals surface area contributed by atoms with Crippen molar-refractivity contribution < 1.29 is 5.11 Å². The second-order valence-corrected chi connectivity index (χ2v) is 4.78. The average molecular weight is 246 g/mol. The molecule has 0 fully saturated rings. The highest BCUT2D eigenvalue weighted by atomic mass is 35.5. The minimum absolute atomic E-state index is 0.262. The largest absolute Gasteiger partial charge is 0.392 e. The van der Waals surface area contributed by atoms with Gasteiger partial charge in [-0.25, -0.2) is 0 Å². The molecule has 2 N–H and O–H groups in total. The van der Waals surface area contributed by atoms with Crippen molar-refractivity contribution in [2.75, 3.05) is 6.54 Å². The number of aliphatic hydroxyl groups is 1. The van der Waals surface area contributed by atoms with E-state index in [0.717, 1.165) is 11.3 Å². The Morgan fingerprint density at radius 3 is 2.56 bits per heavy atom. The van der Waals surface area contributed by atoms with E-state index in [-0.39, 0.29) is 12.0 Å². The molecule has 0 amide bonds. The maximum absolute atomic E-state index is 9.63. The van der Waals surface area contributed by atoms with E-state index < -0.39 is 0 Å². The molecule has 0 spiro atoms. The average Bonchev–Trinajstić information content (AvgIpc) is 2.44. The molecule has 0 aromatic carbocycles. The van der Waals surface area contributed by atoms with E-state index in [1.165, 1.54) is 0 Å². The zero-order chi connectivity index (χ0) is 12.3. The highest BCUT2D eigenvalue weighted by molar-refractivity contribution is 6.30.